The van der Waals surface area contributed by atoms with Gasteiger partial charge < -0.3 is 9.16 Å². The lowest BCUT2D eigenvalue weighted by Gasteiger charge is -2.32. The second-order valence-electron chi connectivity index (χ2n) is 8.12. The Morgan fingerprint density at radius 3 is 1.95 bits per heavy atom. The van der Waals surface area contributed by atoms with Gasteiger partial charge in [0.25, 0.3) is 0 Å². The maximum Gasteiger partial charge on any atom is 0.172 e. The van der Waals surface area contributed by atoms with Crippen LogP contribution in [-0.2, 0) is 20.0 Å². The van der Waals surface area contributed by atoms with Crippen molar-refractivity contribution in [3.8, 4) is 0 Å². The van der Waals surface area contributed by atoms with E-state index in [4.69, 9.17) is 9.16 Å². The van der Waals surface area contributed by atoms with Crippen LogP contribution in [0.2, 0.25) is 13.1 Å². The van der Waals surface area contributed by atoms with Gasteiger partial charge in [-0.15, -0.1) is 0 Å². The summed E-state index contributed by atoms with van der Waals surface area (Å²) in [7, 11) is -2.32. The highest BCUT2D eigenvalue weighted by Crippen LogP contribution is 2.27. The van der Waals surface area contributed by atoms with Crippen molar-refractivity contribution in [1.82, 2.24) is 0 Å². The van der Waals surface area contributed by atoms with Crippen molar-refractivity contribution in [1.29, 1.82) is 0 Å². The predicted octanol–water partition coefficient (Wildman–Crippen LogP) is 3.91. The zero-order valence-corrected chi connectivity index (χ0v) is 16.8. The molecule has 0 heterocycles. The maximum atomic E-state index is 12.5. The molecule has 3 atom stereocenters. The Morgan fingerprint density at radius 2 is 1.60 bits per heavy atom. The summed E-state index contributed by atoms with van der Waals surface area (Å²) in [5, 5.41) is 0. The molecule has 0 saturated carbocycles. The summed E-state index contributed by atoms with van der Waals surface area (Å²) in [4.78, 5) is 0. The van der Waals surface area contributed by atoms with Gasteiger partial charge in [-0.3, -0.25) is 4.21 Å². The Hall–Kier alpha value is 0.287. The molecular weight excluding hydrogens is 288 g/mol. The largest absolute Gasteiger partial charge is 0.406 e. The lowest BCUT2D eigenvalue weighted by molar-refractivity contribution is 0.0648. The standard InChI is InChI=1S/C15H34O3SSi/c1-12(10-14(2,3)4)17-11-19(16)13(15(5,6)7)18-20(8)9/h12-13,20H,10-11H2,1-9H3. The molecule has 0 aromatic heterocycles. The summed E-state index contributed by atoms with van der Waals surface area (Å²) in [6.45, 7) is 19.1. The van der Waals surface area contributed by atoms with E-state index < -0.39 is 19.8 Å². The molecular formula is C15H34O3SSi. The van der Waals surface area contributed by atoms with Crippen LogP contribution in [0.4, 0.5) is 0 Å². The van der Waals surface area contributed by atoms with Crippen molar-refractivity contribution in [3.05, 3.63) is 0 Å². The lowest BCUT2D eigenvalue weighted by atomic mass is 9.90. The van der Waals surface area contributed by atoms with Gasteiger partial charge in [-0.25, -0.2) is 0 Å². The summed E-state index contributed by atoms with van der Waals surface area (Å²) in [6.07, 6.45) is 1.08. The zero-order valence-electron chi connectivity index (χ0n) is 14.8. The molecule has 0 aliphatic rings. The first-order valence-corrected chi connectivity index (χ1v) is 11.6. The molecule has 0 spiro atoms. The van der Waals surface area contributed by atoms with E-state index in [1.807, 2.05) is 6.92 Å². The average Bonchev–Trinajstić information content (AvgIpc) is 2.18. The monoisotopic (exact) mass is 322 g/mol. The molecule has 0 aromatic carbocycles. The fraction of sp³-hybridized carbons (Fsp3) is 1.00. The predicted molar refractivity (Wildman–Crippen MR) is 90.8 cm³/mol. The van der Waals surface area contributed by atoms with E-state index >= 15 is 0 Å². The van der Waals surface area contributed by atoms with Crippen LogP contribution in [0, 0.1) is 10.8 Å². The first kappa shape index (κ1) is 20.3. The summed E-state index contributed by atoms with van der Waals surface area (Å²) in [5.74, 6) is 0.264. The minimum Gasteiger partial charge on any atom is -0.406 e. The second kappa shape index (κ2) is 8.06. The van der Waals surface area contributed by atoms with E-state index in [1.54, 1.807) is 0 Å². The van der Waals surface area contributed by atoms with E-state index in [0.717, 1.165) is 6.42 Å². The van der Waals surface area contributed by atoms with Crippen molar-refractivity contribution in [3.63, 3.8) is 0 Å². The van der Waals surface area contributed by atoms with Gasteiger partial charge >= 0.3 is 0 Å². The molecule has 0 amide bonds. The fourth-order valence-electron chi connectivity index (χ4n) is 2.07. The van der Waals surface area contributed by atoms with E-state index in [0.29, 0.717) is 0 Å². The molecule has 3 unspecified atom stereocenters. The highest BCUT2D eigenvalue weighted by molar-refractivity contribution is 7.85. The van der Waals surface area contributed by atoms with Gasteiger partial charge in [0.2, 0.25) is 0 Å². The van der Waals surface area contributed by atoms with E-state index in [9.17, 15) is 4.21 Å². The van der Waals surface area contributed by atoms with E-state index in [2.05, 4.69) is 54.6 Å². The third-order valence-corrected chi connectivity index (χ3v) is 5.39. The van der Waals surface area contributed by atoms with Gasteiger partial charge in [-0.05, 0) is 37.3 Å². The SMILES string of the molecule is CC(CC(C)(C)C)OCS(=O)C(O[SiH](C)C)C(C)(C)C. The molecule has 122 valence electrons. The molecule has 0 aromatic rings. The smallest absolute Gasteiger partial charge is 0.172 e. The summed E-state index contributed by atoms with van der Waals surface area (Å²) >= 11 is 0. The van der Waals surface area contributed by atoms with Crippen molar-refractivity contribution >= 4 is 19.8 Å². The fourth-order valence-corrected chi connectivity index (χ4v) is 5.42. The Labute approximate surface area is 130 Å². The first-order valence-electron chi connectivity index (χ1n) is 7.47. The molecule has 0 bridgehead atoms. The summed E-state index contributed by atoms with van der Waals surface area (Å²) in [6, 6.07) is 0. The lowest BCUT2D eigenvalue weighted by Crippen LogP contribution is -2.38. The quantitative estimate of drug-likeness (QED) is 0.667. The van der Waals surface area contributed by atoms with Crippen molar-refractivity contribution in [2.24, 2.45) is 10.8 Å². The number of hydrogen-bond donors (Lipinski definition) is 0. The Bertz CT molecular complexity index is 305. The second-order valence-corrected chi connectivity index (χ2v) is 11.9. The molecule has 0 rings (SSSR count). The van der Waals surface area contributed by atoms with Crippen LogP contribution in [0.25, 0.3) is 0 Å². The number of ether oxygens (including phenoxy) is 1. The molecule has 0 aliphatic heterocycles. The molecule has 0 N–H and O–H groups in total. The number of hydrogen-bond acceptors (Lipinski definition) is 3. The van der Waals surface area contributed by atoms with Gasteiger partial charge in [-0.1, -0.05) is 41.5 Å². The zero-order chi connectivity index (χ0) is 16.1. The minimum absolute atomic E-state index is 0.121. The minimum atomic E-state index is -1.22. The molecule has 0 fully saturated rings. The summed E-state index contributed by atoms with van der Waals surface area (Å²) in [5.41, 5.74) is -0.138. The molecule has 0 saturated heterocycles. The van der Waals surface area contributed by atoms with Crippen LogP contribution < -0.4 is 0 Å². The first-order chi connectivity index (χ1) is 8.83. The van der Waals surface area contributed by atoms with Gasteiger partial charge in [0.1, 0.15) is 11.4 Å². The van der Waals surface area contributed by atoms with Crippen molar-refractivity contribution in [2.45, 2.75) is 79.5 Å². The normalized spacial score (nSPS) is 18.1. The Morgan fingerprint density at radius 1 is 1.10 bits per heavy atom. The van der Waals surface area contributed by atoms with Gasteiger partial charge in [0, 0.05) is 0 Å². The number of rotatable bonds is 7. The van der Waals surface area contributed by atoms with E-state index in [1.165, 1.54) is 0 Å². The van der Waals surface area contributed by atoms with Crippen LogP contribution in [0.1, 0.15) is 54.9 Å². The molecule has 0 aliphatic carbocycles. The van der Waals surface area contributed by atoms with Crippen molar-refractivity contribution < 1.29 is 13.4 Å². The highest BCUT2D eigenvalue weighted by atomic mass is 32.2. The Kier molecular flexibility index (Phi) is 8.18. The van der Waals surface area contributed by atoms with Gasteiger partial charge in [-0.2, -0.15) is 0 Å². The average molecular weight is 323 g/mol. The third kappa shape index (κ3) is 9.26. The van der Waals surface area contributed by atoms with Crippen LogP contribution in [0.5, 0.6) is 0 Å². The summed E-state index contributed by atoms with van der Waals surface area (Å²) < 4.78 is 24.2. The molecule has 3 nitrogen and oxygen atoms in total. The third-order valence-electron chi connectivity index (χ3n) is 2.71. The topological polar surface area (TPSA) is 35.5 Å². The maximum absolute atomic E-state index is 12.5. The van der Waals surface area contributed by atoms with Crippen LogP contribution in [0.15, 0.2) is 0 Å². The van der Waals surface area contributed by atoms with Crippen LogP contribution in [-0.4, -0.2) is 30.7 Å². The van der Waals surface area contributed by atoms with E-state index in [-0.39, 0.29) is 28.3 Å². The van der Waals surface area contributed by atoms with Gasteiger partial charge in [0.05, 0.1) is 16.9 Å². The van der Waals surface area contributed by atoms with Gasteiger partial charge in [0.15, 0.2) is 9.04 Å². The molecule has 5 heteroatoms. The Balaban J connectivity index is 4.48. The molecule has 20 heavy (non-hydrogen) atoms. The van der Waals surface area contributed by atoms with Crippen molar-refractivity contribution in [2.75, 3.05) is 5.94 Å². The van der Waals surface area contributed by atoms with Crippen LogP contribution in [0.3, 0.4) is 0 Å². The van der Waals surface area contributed by atoms with Crippen LogP contribution >= 0.6 is 0 Å². The highest BCUT2D eigenvalue weighted by Gasteiger charge is 2.32. The molecule has 0 radical (unpaired) electrons.